The number of nitrogens with one attached hydrogen (secondary N) is 1. The van der Waals surface area contributed by atoms with E-state index in [0.717, 1.165) is 80.0 Å². The fraction of sp³-hybridized carbons (Fsp3) is 0.406. The minimum absolute atomic E-state index is 0.0722. The van der Waals surface area contributed by atoms with Gasteiger partial charge in [0.1, 0.15) is 29.7 Å². The molecule has 2 aliphatic rings. The summed E-state index contributed by atoms with van der Waals surface area (Å²) >= 11 is 0. The largest absolute Gasteiger partial charge is 0.490 e. The zero-order valence-corrected chi connectivity index (χ0v) is 24.0. The summed E-state index contributed by atoms with van der Waals surface area (Å²) < 4.78 is 29.8. The summed E-state index contributed by atoms with van der Waals surface area (Å²) in [5.41, 5.74) is 2.66. The second-order valence-corrected chi connectivity index (χ2v) is 10.5. The Balaban J connectivity index is 1.21. The van der Waals surface area contributed by atoms with Crippen LogP contribution in [0, 0.1) is 6.92 Å². The summed E-state index contributed by atoms with van der Waals surface area (Å²) in [4.78, 5) is 15.7. The Hall–Kier alpha value is -3.99. The van der Waals surface area contributed by atoms with Crippen LogP contribution < -0.4 is 19.5 Å². The van der Waals surface area contributed by atoms with Crippen LogP contribution in [0.4, 0.5) is 11.5 Å². The maximum Gasteiger partial charge on any atom is 0.163 e. The number of hydrogen-bond acceptors (Lipinski definition) is 10. The van der Waals surface area contributed by atoms with Gasteiger partial charge >= 0.3 is 0 Å². The summed E-state index contributed by atoms with van der Waals surface area (Å²) in [7, 11) is 0. The van der Waals surface area contributed by atoms with Crippen molar-refractivity contribution in [1.29, 1.82) is 0 Å². The van der Waals surface area contributed by atoms with E-state index in [1.54, 1.807) is 18.7 Å². The van der Waals surface area contributed by atoms with E-state index in [1.165, 1.54) is 0 Å². The van der Waals surface area contributed by atoms with E-state index in [-0.39, 0.29) is 6.10 Å². The van der Waals surface area contributed by atoms with Crippen LogP contribution in [-0.2, 0) is 9.47 Å². The van der Waals surface area contributed by atoms with Gasteiger partial charge in [0.15, 0.2) is 11.5 Å². The van der Waals surface area contributed by atoms with E-state index in [1.807, 2.05) is 49.4 Å². The molecule has 0 spiro atoms. The number of rotatable bonds is 11. The zero-order valence-electron chi connectivity index (χ0n) is 24.0. The second kappa shape index (κ2) is 13.8. The second-order valence-electron chi connectivity index (χ2n) is 10.5. The van der Waals surface area contributed by atoms with E-state index in [9.17, 15) is 0 Å². The lowest BCUT2D eigenvalue weighted by Gasteiger charge is -2.27. The molecule has 2 aromatic carbocycles. The Kier molecular flexibility index (Phi) is 9.24. The normalized spacial score (nSPS) is 16.3. The van der Waals surface area contributed by atoms with Crippen LogP contribution in [0.5, 0.6) is 23.0 Å². The third-order valence-electron chi connectivity index (χ3n) is 7.44. The maximum absolute atomic E-state index is 6.50. The predicted molar refractivity (Wildman–Crippen MR) is 160 cm³/mol. The SMILES string of the molecule is Cc1cc(Nc2ncnc3cc(OCCCN4CCOCC4)c(OC4CCOCC4)cc23)ccc1Oc1cccnc1. The summed E-state index contributed by atoms with van der Waals surface area (Å²) in [6, 6.07) is 13.6. The van der Waals surface area contributed by atoms with Crippen LogP contribution >= 0.6 is 0 Å². The number of nitrogens with zero attached hydrogens (tertiary/aromatic N) is 4. The predicted octanol–water partition coefficient (Wildman–Crippen LogP) is 5.53. The molecule has 10 nitrogen and oxygen atoms in total. The van der Waals surface area contributed by atoms with Gasteiger partial charge in [0, 0.05) is 55.8 Å². The number of fused-ring (bicyclic) bond motifs is 1. The minimum atomic E-state index is 0.0722. The summed E-state index contributed by atoms with van der Waals surface area (Å²) in [5.74, 6) is 3.56. The lowest BCUT2D eigenvalue weighted by molar-refractivity contribution is 0.0240. The molecule has 0 unspecified atom stereocenters. The number of pyridine rings is 1. The van der Waals surface area contributed by atoms with Crippen LogP contribution in [0.1, 0.15) is 24.8 Å². The van der Waals surface area contributed by atoms with Crippen molar-refractivity contribution in [3.05, 3.63) is 66.7 Å². The van der Waals surface area contributed by atoms with Crippen molar-refractivity contribution in [3.8, 4) is 23.0 Å². The molecule has 2 aromatic heterocycles. The van der Waals surface area contributed by atoms with Crippen LogP contribution in [0.25, 0.3) is 10.9 Å². The van der Waals surface area contributed by atoms with Crippen LogP contribution in [0.15, 0.2) is 61.2 Å². The van der Waals surface area contributed by atoms with Gasteiger partial charge in [-0.15, -0.1) is 0 Å². The molecular weight excluding hydrogens is 534 g/mol. The van der Waals surface area contributed by atoms with Crippen molar-refractivity contribution >= 4 is 22.4 Å². The third kappa shape index (κ3) is 7.25. The van der Waals surface area contributed by atoms with Gasteiger partial charge in [0.05, 0.1) is 44.7 Å². The first-order chi connectivity index (χ1) is 20.7. The Bertz CT molecular complexity index is 1460. The molecule has 2 saturated heterocycles. The maximum atomic E-state index is 6.50. The average Bonchev–Trinajstić information content (AvgIpc) is 3.03. The molecule has 42 heavy (non-hydrogen) atoms. The van der Waals surface area contributed by atoms with Gasteiger partial charge in [-0.25, -0.2) is 9.97 Å². The summed E-state index contributed by atoms with van der Waals surface area (Å²) in [5, 5.41) is 4.32. The van der Waals surface area contributed by atoms with Crippen molar-refractivity contribution in [2.45, 2.75) is 32.3 Å². The highest BCUT2D eigenvalue weighted by atomic mass is 16.5. The number of benzene rings is 2. The number of aryl methyl sites for hydroxylation is 1. The molecule has 0 saturated carbocycles. The Morgan fingerprint density at radius 3 is 2.62 bits per heavy atom. The first-order valence-electron chi connectivity index (χ1n) is 14.6. The van der Waals surface area contributed by atoms with Crippen molar-refractivity contribution < 1.29 is 23.7 Å². The molecule has 6 rings (SSSR count). The first kappa shape index (κ1) is 28.1. The topological polar surface area (TPSA) is 100 Å². The molecule has 1 N–H and O–H groups in total. The highest BCUT2D eigenvalue weighted by molar-refractivity contribution is 5.93. The van der Waals surface area contributed by atoms with Crippen molar-refractivity contribution in [3.63, 3.8) is 0 Å². The molecule has 220 valence electrons. The van der Waals surface area contributed by atoms with E-state index in [0.29, 0.717) is 42.9 Å². The number of hydrogen-bond donors (Lipinski definition) is 1. The first-order valence-corrected chi connectivity index (χ1v) is 14.6. The van der Waals surface area contributed by atoms with E-state index in [2.05, 4.69) is 25.2 Å². The Labute approximate surface area is 245 Å². The quantitative estimate of drug-likeness (QED) is 0.231. The lowest BCUT2D eigenvalue weighted by Crippen LogP contribution is -2.37. The van der Waals surface area contributed by atoms with Crippen molar-refractivity contribution in [1.82, 2.24) is 19.9 Å². The summed E-state index contributed by atoms with van der Waals surface area (Å²) in [6.07, 6.45) is 7.67. The Morgan fingerprint density at radius 1 is 0.952 bits per heavy atom. The highest BCUT2D eigenvalue weighted by Gasteiger charge is 2.20. The molecule has 2 aliphatic heterocycles. The van der Waals surface area contributed by atoms with Gasteiger partial charge in [-0.05, 0) is 55.3 Å². The van der Waals surface area contributed by atoms with Crippen LogP contribution in [0.3, 0.4) is 0 Å². The number of ether oxygens (including phenoxy) is 5. The molecule has 0 radical (unpaired) electrons. The van der Waals surface area contributed by atoms with Gasteiger partial charge in [-0.1, -0.05) is 0 Å². The molecule has 4 aromatic rings. The molecule has 2 fully saturated rings. The number of morpholine rings is 1. The van der Waals surface area contributed by atoms with Crippen LogP contribution in [-0.4, -0.2) is 78.6 Å². The molecule has 0 atom stereocenters. The average molecular weight is 572 g/mol. The molecule has 4 heterocycles. The monoisotopic (exact) mass is 571 g/mol. The summed E-state index contributed by atoms with van der Waals surface area (Å²) in [6.45, 7) is 8.53. The van der Waals surface area contributed by atoms with Gasteiger partial charge in [-0.3, -0.25) is 9.88 Å². The van der Waals surface area contributed by atoms with E-state index in [4.69, 9.17) is 23.7 Å². The van der Waals surface area contributed by atoms with Crippen molar-refractivity contribution in [2.24, 2.45) is 0 Å². The van der Waals surface area contributed by atoms with Gasteiger partial charge in [0.2, 0.25) is 0 Å². The fourth-order valence-corrected chi connectivity index (χ4v) is 5.15. The highest BCUT2D eigenvalue weighted by Crippen LogP contribution is 2.37. The minimum Gasteiger partial charge on any atom is -0.490 e. The fourth-order valence-electron chi connectivity index (χ4n) is 5.15. The standard InChI is InChI=1S/C32H37N5O5/c1-23-18-24(5-6-29(23)42-26-4-2-9-33-21-26)36-32-27-19-31(41-25-7-14-38-15-8-25)30(20-28(27)34-22-35-32)40-13-3-10-37-11-16-39-17-12-37/h2,4-6,9,18-22,25H,3,7-8,10-17H2,1H3,(H,34,35,36). The van der Waals surface area contributed by atoms with Gasteiger partial charge in [-0.2, -0.15) is 0 Å². The van der Waals surface area contributed by atoms with Gasteiger partial charge < -0.3 is 29.0 Å². The molecule has 10 heteroatoms. The third-order valence-corrected chi connectivity index (χ3v) is 7.44. The van der Waals surface area contributed by atoms with E-state index < -0.39 is 0 Å². The van der Waals surface area contributed by atoms with Crippen molar-refractivity contribution in [2.75, 3.05) is 58.0 Å². The molecular formula is C32H37N5O5. The number of aromatic nitrogens is 3. The van der Waals surface area contributed by atoms with Gasteiger partial charge in [0.25, 0.3) is 0 Å². The zero-order chi connectivity index (χ0) is 28.6. The smallest absolute Gasteiger partial charge is 0.163 e. The molecule has 0 aliphatic carbocycles. The lowest BCUT2D eigenvalue weighted by atomic mass is 10.1. The van der Waals surface area contributed by atoms with Crippen LogP contribution in [0.2, 0.25) is 0 Å². The molecule has 0 bridgehead atoms. The van der Waals surface area contributed by atoms with E-state index >= 15 is 0 Å². The number of anilines is 2. The molecule has 0 amide bonds. The Morgan fingerprint density at radius 2 is 1.81 bits per heavy atom.